The predicted molar refractivity (Wildman–Crippen MR) is 92.2 cm³/mol. The minimum absolute atomic E-state index is 0.0211. The third kappa shape index (κ3) is 4.16. The molecule has 0 unspecified atom stereocenters. The second-order valence-electron chi connectivity index (χ2n) is 5.85. The summed E-state index contributed by atoms with van der Waals surface area (Å²) in [5.74, 6) is 2.08. The van der Waals surface area contributed by atoms with E-state index in [1.165, 1.54) is 5.56 Å². The third-order valence-electron chi connectivity index (χ3n) is 4.23. The lowest BCUT2D eigenvalue weighted by molar-refractivity contribution is -0.132. The Hall–Kier alpha value is -0.750. The first-order valence-electron chi connectivity index (χ1n) is 7.79. The molecule has 1 aromatic rings. The Morgan fingerprint density at radius 3 is 2.77 bits per heavy atom. The standard InChI is InChI=1S/C16H22ClN3OS/c17-14-4-2-13(3-5-14)10-19-6-1-7-20(9-8-19)16(21)15-11-22-12-18-15/h2-5,15,18H,1,6-12H2/t15-/m1/s1. The van der Waals surface area contributed by atoms with Gasteiger partial charge in [0.05, 0.1) is 6.04 Å². The van der Waals surface area contributed by atoms with Crippen LogP contribution in [0.3, 0.4) is 0 Å². The van der Waals surface area contributed by atoms with Crippen LogP contribution in [0, 0.1) is 0 Å². The second kappa shape index (κ2) is 7.68. The van der Waals surface area contributed by atoms with Crippen LogP contribution in [-0.2, 0) is 11.3 Å². The number of thioether (sulfide) groups is 1. The maximum Gasteiger partial charge on any atom is 0.240 e. The fourth-order valence-corrected chi connectivity index (χ4v) is 4.03. The average molecular weight is 340 g/mol. The average Bonchev–Trinajstić information content (AvgIpc) is 2.96. The van der Waals surface area contributed by atoms with Gasteiger partial charge in [0, 0.05) is 49.4 Å². The molecule has 0 saturated carbocycles. The molecule has 2 aliphatic heterocycles. The van der Waals surface area contributed by atoms with Crippen LogP contribution < -0.4 is 5.32 Å². The molecule has 2 saturated heterocycles. The van der Waals surface area contributed by atoms with Crippen LogP contribution in [0.15, 0.2) is 24.3 Å². The van der Waals surface area contributed by atoms with E-state index in [1.54, 1.807) is 11.8 Å². The van der Waals surface area contributed by atoms with Gasteiger partial charge in [0.2, 0.25) is 5.91 Å². The van der Waals surface area contributed by atoms with Crippen molar-refractivity contribution in [1.29, 1.82) is 0 Å². The molecule has 2 heterocycles. The zero-order chi connectivity index (χ0) is 15.4. The fourth-order valence-electron chi connectivity index (χ4n) is 2.97. The van der Waals surface area contributed by atoms with Gasteiger partial charge in [-0.25, -0.2) is 0 Å². The Kier molecular flexibility index (Phi) is 5.63. The van der Waals surface area contributed by atoms with Gasteiger partial charge in [-0.05, 0) is 24.1 Å². The molecule has 1 aromatic carbocycles. The number of hydrogen-bond acceptors (Lipinski definition) is 4. The van der Waals surface area contributed by atoms with Crippen LogP contribution in [0.2, 0.25) is 5.02 Å². The number of carbonyl (C=O) groups excluding carboxylic acids is 1. The largest absolute Gasteiger partial charge is 0.340 e. The van der Waals surface area contributed by atoms with Crippen LogP contribution in [0.4, 0.5) is 0 Å². The minimum atomic E-state index is 0.0211. The topological polar surface area (TPSA) is 35.6 Å². The second-order valence-corrected chi connectivity index (χ2v) is 7.32. The highest BCUT2D eigenvalue weighted by Crippen LogP contribution is 2.15. The highest BCUT2D eigenvalue weighted by Gasteiger charge is 2.28. The molecule has 4 nitrogen and oxygen atoms in total. The van der Waals surface area contributed by atoms with Gasteiger partial charge in [-0.15, -0.1) is 11.8 Å². The fraction of sp³-hybridized carbons (Fsp3) is 0.562. The van der Waals surface area contributed by atoms with Crippen molar-refractivity contribution < 1.29 is 4.79 Å². The summed E-state index contributed by atoms with van der Waals surface area (Å²) < 4.78 is 0. The Labute approximate surface area is 141 Å². The van der Waals surface area contributed by atoms with E-state index in [0.29, 0.717) is 0 Å². The molecule has 0 radical (unpaired) electrons. The van der Waals surface area contributed by atoms with E-state index in [9.17, 15) is 4.79 Å². The first-order chi connectivity index (χ1) is 10.7. The molecule has 1 amide bonds. The first kappa shape index (κ1) is 16.1. The third-order valence-corrected chi connectivity index (χ3v) is 5.43. The summed E-state index contributed by atoms with van der Waals surface area (Å²) in [5.41, 5.74) is 1.28. The number of amides is 1. The summed E-state index contributed by atoms with van der Waals surface area (Å²) in [6.45, 7) is 4.61. The van der Waals surface area contributed by atoms with Crippen LogP contribution in [-0.4, -0.2) is 59.6 Å². The van der Waals surface area contributed by atoms with Gasteiger partial charge < -0.3 is 4.90 Å². The van der Waals surface area contributed by atoms with Gasteiger partial charge in [0.25, 0.3) is 0 Å². The highest BCUT2D eigenvalue weighted by molar-refractivity contribution is 7.99. The summed E-state index contributed by atoms with van der Waals surface area (Å²) in [7, 11) is 0. The van der Waals surface area contributed by atoms with E-state index in [1.807, 2.05) is 17.0 Å². The number of benzene rings is 1. The van der Waals surface area contributed by atoms with Crippen LogP contribution in [0.5, 0.6) is 0 Å². The van der Waals surface area contributed by atoms with Gasteiger partial charge in [-0.1, -0.05) is 23.7 Å². The van der Waals surface area contributed by atoms with Crippen LogP contribution >= 0.6 is 23.4 Å². The van der Waals surface area contributed by atoms with E-state index in [4.69, 9.17) is 11.6 Å². The van der Waals surface area contributed by atoms with Crippen molar-refractivity contribution in [1.82, 2.24) is 15.1 Å². The predicted octanol–water partition coefficient (Wildman–Crippen LogP) is 2.04. The quantitative estimate of drug-likeness (QED) is 0.914. The molecule has 2 aliphatic rings. The SMILES string of the molecule is O=C([C@H]1CSCN1)N1CCCN(Cc2ccc(Cl)cc2)CC1. The Balaban J connectivity index is 1.53. The van der Waals surface area contributed by atoms with Crippen molar-refractivity contribution in [3.63, 3.8) is 0 Å². The summed E-state index contributed by atoms with van der Waals surface area (Å²) in [5, 5.41) is 4.05. The minimum Gasteiger partial charge on any atom is -0.340 e. The normalized spacial score (nSPS) is 23.5. The molecule has 2 fully saturated rings. The molecule has 22 heavy (non-hydrogen) atoms. The number of hydrogen-bond donors (Lipinski definition) is 1. The molecule has 0 spiro atoms. The van der Waals surface area contributed by atoms with Crippen LogP contribution in [0.25, 0.3) is 0 Å². The van der Waals surface area contributed by atoms with Crippen LogP contribution in [0.1, 0.15) is 12.0 Å². The number of rotatable bonds is 3. The molecule has 3 rings (SSSR count). The van der Waals surface area contributed by atoms with Gasteiger partial charge in [0.1, 0.15) is 0 Å². The van der Waals surface area contributed by atoms with E-state index < -0.39 is 0 Å². The lowest BCUT2D eigenvalue weighted by Crippen LogP contribution is -2.46. The van der Waals surface area contributed by atoms with Gasteiger partial charge >= 0.3 is 0 Å². The molecule has 0 bridgehead atoms. The van der Waals surface area contributed by atoms with Crippen molar-refractivity contribution in [3.8, 4) is 0 Å². The smallest absolute Gasteiger partial charge is 0.240 e. The van der Waals surface area contributed by atoms with E-state index in [0.717, 1.165) is 55.8 Å². The van der Waals surface area contributed by atoms with Gasteiger partial charge in [-0.2, -0.15) is 0 Å². The van der Waals surface area contributed by atoms with Gasteiger partial charge in [0.15, 0.2) is 0 Å². The van der Waals surface area contributed by atoms with E-state index >= 15 is 0 Å². The highest BCUT2D eigenvalue weighted by atomic mass is 35.5. The molecule has 6 heteroatoms. The zero-order valence-electron chi connectivity index (χ0n) is 12.6. The zero-order valence-corrected chi connectivity index (χ0v) is 14.2. The van der Waals surface area contributed by atoms with E-state index in [2.05, 4.69) is 22.3 Å². The van der Waals surface area contributed by atoms with E-state index in [-0.39, 0.29) is 11.9 Å². The Morgan fingerprint density at radius 2 is 2.05 bits per heavy atom. The van der Waals surface area contributed by atoms with Crippen molar-refractivity contribution >= 4 is 29.3 Å². The summed E-state index contributed by atoms with van der Waals surface area (Å²) in [4.78, 5) is 16.9. The number of carbonyl (C=O) groups is 1. The molecule has 0 aromatic heterocycles. The van der Waals surface area contributed by atoms with Crippen molar-refractivity contribution in [2.24, 2.45) is 0 Å². The maximum absolute atomic E-state index is 12.5. The summed E-state index contributed by atoms with van der Waals surface area (Å²) >= 11 is 7.73. The monoisotopic (exact) mass is 339 g/mol. The summed E-state index contributed by atoms with van der Waals surface area (Å²) in [6.07, 6.45) is 1.04. The van der Waals surface area contributed by atoms with Crippen molar-refractivity contribution in [2.75, 3.05) is 37.8 Å². The lowest BCUT2D eigenvalue weighted by Gasteiger charge is -2.24. The van der Waals surface area contributed by atoms with Crippen molar-refractivity contribution in [2.45, 2.75) is 19.0 Å². The summed E-state index contributed by atoms with van der Waals surface area (Å²) in [6, 6.07) is 8.06. The number of nitrogens with zero attached hydrogens (tertiary/aromatic N) is 2. The Morgan fingerprint density at radius 1 is 1.23 bits per heavy atom. The lowest BCUT2D eigenvalue weighted by atomic mass is 10.2. The maximum atomic E-state index is 12.5. The molecule has 1 N–H and O–H groups in total. The Bertz CT molecular complexity index is 505. The number of halogens is 1. The van der Waals surface area contributed by atoms with Crippen molar-refractivity contribution in [3.05, 3.63) is 34.9 Å². The molecule has 0 aliphatic carbocycles. The van der Waals surface area contributed by atoms with Gasteiger partial charge in [-0.3, -0.25) is 15.0 Å². The number of nitrogens with one attached hydrogen (secondary N) is 1. The first-order valence-corrected chi connectivity index (χ1v) is 9.32. The molecule has 120 valence electrons. The molecular formula is C16H22ClN3OS. The molecular weight excluding hydrogens is 318 g/mol. The molecule has 1 atom stereocenters.